The van der Waals surface area contributed by atoms with Crippen LogP contribution in [0.5, 0.6) is 11.5 Å². The quantitative estimate of drug-likeness (QED) is 0.304. The molecular weight excluding hydrogens is 474 g/mol. The zero-order valence-electron chi connectivity index (χ0n) is 18.7. The number of benzene rings is 2. The predicted molar refractivity (Wildman–Crippen MR) is 127 cm³/mol. The van der Waals surface area contributed by atoms with Crippen molar-refractivity contribution >= 4 is 34.8 Å². The summed E-state index contributed by atoms with van der Waals surface area (Å²) < 4.78 is 18.0. The third kappa shape index (κ3) is 3.99. The normalized spacial score (nSPS) is 16.6. The molecule has 0 bridgehead atoms. The Morgan fingerprint density at radius 3 is 2.71 bits per heavy atom. The van der Waals surface area contributed by atoms with E-state index in [1.165, 1.54) is 28.0 Å². The summed E-state index contributed by atoms with van der Waals surface area (Å²) in [5.74, 6) is 0.608. The van der Waals surface area contributed by atoms with Gasteiger partial charge in [0.1, 0.15) is 6.04 Å². The van der Waals surface area contributed by atoms with Gasteiger partial charge in [0.25, 0.3) is 11.2 Å². The van der Waals surface area contributed by atoms with Crippen LogP contribution in [0.25, 0.3) is 11.8 Å². The van der Waals surface area contributed by atoms with Crippen molar-refractivity contribution in [2.45, 2.75) is 19.9 Å². The molecule has 2 aliphatic heterocycles. The zero-order chi connectivity index (χ0) is 24.7. The number of carbonyl (C=O) groups is 1. The molecule has 2 aromatic carbocycles. The first-order valence-electron chi connectivity index (χ1n) is 10.7. The minimum absolute atomic E-state index is 0.0382. The Labute approximate surface area is 202 Å². The van der Waals surface area contributed by atoms with Gasteiger partial charge in [-0.2, -0.15) is 0 Å². The number of nitro benzene ring substituents is 1. The number of carbonyl (C=O) groups excluding carboxylic acids is 1. The lowest BCUT2D eigenvalue weighted by molar-refractivity contribution is -0.384. The van der Waals surface area contributed by atoms with Crippen LogP contribution in [0.3, 0.4) is 0 Å². The van der Waals surface area contributed by atoms with Gasteiger partial charge in [-0.05, 0) is 55.3 Å². The van der Waals surface area contributed by atoms with Crippen LogP contribution >= 0.6 is 11.3 Å². The number of rotatable bonds is 5. The van der Waals surface area contributed by atoms with Crippen molar-refractivity contribution in [2.24, 2.45) is 4.99 Å². The number of allylic oxidation sites excluding steroid dienone is 1. The molecule has 0 amide bonds. The van der Waals surface area contributed by atoms with E-state index in [-0.39, 0.29) is 30.2 Å². The summed E-state index contributed by atoms with van der Waals surface area (Å²) in [6.45, 7) is 3.69. The third-order valence-corrected chi connectivity index (χ3v) is 6.64. The number of ether oxygens (including phenoxy) is 3. The lowest BCUT2D eigenvalue weighted by Crippen LogP contribution is -2.35. The van der Waals surface area contributed by atoms with Crippen molar-refractivity contribution < 1.29 is 23.9 Å². The number of hydrogen-bond acceptors (Lipinski definition) is 9. The summed E-state index contributed by atoms with van der Waals surface area (Å²) in [5, 5.41) is 10.9. The van der Waals surface area contributed by atoms with Gasteiger partial charge in [0.15, 0.2) is 16.3 Å². The molecule has 1 aromatic heterocycles. The standard InChI is InChI=1S/C24H19N3O7S/c1-3-32-23(29)20-13(2)26-22(28)19(10-14-4-7-16(8-5-14)27(30)31)35-24(26)25-21(20)15-6-9-17-18(11-15)34-12-33-17/h4-11,21H,3,12H2,1-2H3/b19-10-/t21-/m1/s1. The average molecular weight is 493 g/mol. The number of nitro groups is 1. The van der Waals surface area contributed by atoms with Crippen LogP contribution in [-0.2, 0) is 9.53 Å². The molecule has 5 rings (SSSR count). The second kappa shape index (κ2) is 8.84. The lowest BCUT2D eigenvalue weighted by atomic mass is 9.96. The largest absolute Gasteiger partial charge is 0.463 e. The van der Waals surface area contributed by atoms with E-state index in [4.69, 9.17) is 19.2 Å². The Kier molecular flexibility index (Phi) is 5.69. The van der Waals surface area contributed by atoms with E-state index in [0.717, 1.165) is 0 Å². The van der Waals surface area contributed by atoms with Crippen molar-refractivity contribution in [1.82, 2.24) is 4.57 Å². The number of hydrogen-bond donors (Lipinski definition) is 0. The monoisotopic (exact) mass is 493 g/mol. The molecule has 0 radical (unpaired) electrons. The molecule has 11 heteroatoms. The molecule has 0 fully saturated rings. The van der Waals surface area contributed by atoms with Crippen LogP contribution in [0.4, 0.5) is 5.69 Å². The minimum Gasteiger partial charge on any atom is -0.463 e. The summed E-state index contributed by atoms with van der Waals surface area (Å²) in [6.07, 6.45) is 1.64. The molecule has 3 heterocycles. The maximum Gasteiger partial charge on any atom is 0.338 e. The van der Waals surface area contributed by atoms with E-state index in [1.807, 2.05) is 0 Å². The smallest absolute Gasteiger partial charge is 0.338 e. The molecule has 35 heavy (non-hydrogen) atoms. The number of esters is 1. The van der Waals surface area contributed by atoms with Crippen molar-refractivity contribution in [1.29, 1.82) is 0 Å². The van der Waals surface area contributed by atoms with Crippen LogP contribution < -0.4 is 24.4 Å². The number of nitrogens with zero attached hydrogens (tertiary/aromatic N) is 3. The van der Waals surface area contributed by atoms with E-state index >= 15 is 0 Å². The molecule has 0 spiro atoms. The fourth-order valence-corrected chi connectivity index (χ4v) is 5.02. The van der Waals surface area contributed by atoms with Crippen LogP contribution in [0.1, 0.15) is 31.0 Å². The van der Waals surface area contributed by atoms with Gasteiger partial charge in [-0.15, -0.1) is 0 Å². The van der Waals surface area contributed by atoms with E-state index in [0.29, 0.717) is 37.7 Å². The Hall–Kier alpha value is -4.25. The minimum atomic E-state index is -0.700. The zero-order valence-corrected chi connectivity index (χ0v) is 19.5. The highest BCUT2D eigenvalue weighted by Gasteiger charge is 2.32. The Morgan fingerprint density at radius 1 is 1.26 bits per heavy atom. The fraction of sp³-hybridized carbons (Fsp3) is 0.208. The first-order chi connectivity index (χ1) is 16.9. The maximum absolute atomic E-state index is 13.3. The Morgan fingerprint density at radius 2 is 2.00 bits per heavy atom. The number of aromatic nitrogens is 1. The van der Waals surface area contributed by atoms with E-state index in [9.17, 15) is 19.7 Å². The summed E-state index contributed by atoms with van der Waals surface area (Å²) >= 11 is 1.17. The highest BCUT2D eigenvalue weighted by molar-refractivity contribution is 7.07. The van der Waals surface area contributed by atoms with Gasteiger partial charge in [0, 0.05) is 17.8 Å². The third-order valence-electron chi connectivity index (χ3n) is 5.65. The van der Waals surface area contributed by atoms with E-state index in [1.54, 1.807) is 50.3 Å². The Bertz CT molecular complexity index is 1570. The molecule has 0 aliphatic carbocycles. The molecule has 0 N–H and O–H groups in total. The summed E-state index contributed by atoms with van der Waals surface area (Å²) in [7, 11) is 0. The van der Waals surface area contributed by atoms with Gasteiger partial charge in [0.05, 0.1) is 21.6 Å². The van der Waals surface area contributed by atoms with Gasteiger partial charge in [-0.25, -0.2) is 9.79 Å². The van der Waals surface area contributed by atoms with Gasteiger partial charge in [-0.1, -0.05) is 17.4 Å². The molecule has 0 unspecified atom stereocenters. The van der Waals surface area contributed by atoms with Crippen molar-refractivity contribution in [3.63, 3.8) is 0 Å². The van der Waals surface area contributed by atoms with Gasteiger partial charge in [-0.3, -0.25) is 19.5 Å². The topological polar surface area (TPSA) is 122 Å². The van der Waals surface area contributed by atoms with Crippen LogP contribution in [0, 0.1) is 10.1 Å². The highest BCUT2D eigenvalue weighted by Crippen LogP contribution is 2.38. The maximum atomic E-state index is 13.3. The second-order valence-electron chi connectivity index (χ2n) is 7.75. The van der Waals surface area contributed by atoms with Gasteiger partial charge >= 0.3 is 5.97 Å². The highest BCUT2D eigenvalue weighted by atomic mass is 32.1. The van der Waals surface area contributed by atoms with E-state index < -0.39 is 16.9 Å². The first-order valence-corrected chi connectivity index (χ1v) is 11.5. The van der Waals surface area contributed by atoms with Crippen molar-refractivity contribution in [2.75, 3.05) is 13.4 Å². The average Bonchev–Trinajstić information content (AvgIpc) is 3.43. The number of fused-ring (bicyclic) bond motifs is 2. The molecule has 3 aromatic rings. The molecule has 0 saturated heterocycles. The first kappa shape index (κ1) is 22.5. The second-order valence-corrected chi connectivity index (χ2v) is 8.76. The van der Waals surface area contributed by atoms with E-state index in [2.05, 4.69) is 0 Å². The molecular formula is C24H19N3O7S. The summed E-state index contributed by atoms with van der Waals surface area (Å²) in [5.41, 5.74) is 1.65. The summed E-state index contributed by atoms with van der Waals surface area (Å²) in [6, 6.07) is 10.5. The molecule has 178 valence electrons. The molecule has 2 aliphatic rings. The van der Waals surface area contributed by atoms with Crippen molar-refractivity contribution in [3.05, 3.63) is 89.0 Å². The number of thiazole rings is 1. The molecule has 0 saturated carbocycles. The SMILES string of the molecule is CCOC(=O)C1=C(C)n2c(s/c(=C\c3ccc([N+](=O)[O-])cc3)c2=O)=N[C@@H]1c1ccc2c(c1)OCO2. The predicted octanol–water partition coefficient (Wildman–Crippen LogP) is 2.54. The van der Waals surface area contributed by atoms with Crippen LogP contribution in [-0.4, -0.2) is 28.9 Å². The van der Waals surface area contributed by atoms with Crippen LogP contribution in [0.15, 0.2) is 57.8 Å². The summed E-state index contributed by atoms with van der Waals surface area (Å²) in [4.78, 5) is 41.8. The van der Waals surface area contributed by atoms with Gasteiger partial charge in [0.2, 0.25) is 6.79 Å². The molecule has 1 atom stereocenters. The lowest BCUT2D eigenvalue weighted by Gasteiger charge is -2.22. The fourth-order valence-electron chi connectivity index (χ4n) is 3.99. The number of non-ortho nitro benzene ring substituents is 1. The van der Waals surface area contributed by atoms with Crippen molar-refractivity contribution in [3.8, 4) is 11.5 Å². The molecule has 10 nitrogen and oxygen atoms in total. The van der Waals surface area contributed by atoms with Gasteiger partial charge < -0.3 is 14.2 Å². The Balaban J connectivity index is 1.66. The van der Waals surface area contributed by atoms with Crippen LogP contribution in [0.2, 0.25) is 0 Å².